The van der Waals surface area contributed by atoms with Crippen molar-refractivity contribution in [1.82, 2.24) is 0 Å². The molecule has 1 saturated heterocycles. The van der Waals surface area contributed by atoms with E-state index in [1.165, 1.54) is 17.5 Å². The third kappa shape index (κ3) is 3.50. The Morgan fingerprint density at radius 1 is 0.758 bits per heavy atom. The van der Waals surface area contributed by atoms with Crippen molar-refractivity contribution in [3.63, 3.8) is 0 Å². The lowest BCUT2D eigenvalue weighted by Gasteiger charge is -2.43. The lowest BCUT2D eigenvalue weighted by atomic mass is 9.62. The first-order valence-electron chi connectivity index (χ1n) is 12.2. The van der Waals surface area contributed by atoms with E-state index in [-0.39, 0.29) is 22.4 Å². The number of hydrogen-bond acceptors (Lipinski definition) is 4. The van der Waals surface area contributed by atoms with Crippen LogP contribution in [0.3, 0.4) is 0 Å². The summed E-state index contributed by atoms with van der Waals surface area (Å²) in [5.41, 5.74) is 6.89. The molecule has 1 heterocycles. The summed E-state index contributed by atoms with van der Waals surface area (Å²) in [7, 11) is 0. The van der Waals surface area contributed by atoms with Crippen LogP contribution in [0.4, 0.5) is 0 Å². The van der Waals surface area contributed by atoms with Crippen molar-refractivity contribution in [3.8, 4) is 0 Å². The van der Waals surface area contributed by atoms with E-state index >= 15 is 0 Å². The van der Waals surface area contributed by atoms with E-state index in [2.05, 4.69) is 46.8 Å². The number of aryl methyl sites for hydroxylation is 1. The van der Waals surface area contributed by atoms with Gasteiger partial charge in [-0.1, -0.05) is 58.0 Å². The summed E-state index contributed by atoms with van der Waals surface area (Å²) in [6.45, 7) is 12.5. The van der Waals surface area contributed by atoms with Crippen LogP contribution in [0.25, 0.3) is 0 Å². The molecule has 0 N–H and O–H groups in total. The fraction of sp³-hybridized carbons (Fsp3) is 0.517. The number of carbonyl (C=O) groups is 2. The average molecular weight is 447 g/mol. The first kappa shape index (κ1) is 22.5. The third-order valence-corrected chi connectivity index (χ3v) is 8.13. The van der Waals surface area contributed by atoms with Crippen molar-refractivity contribution >= 4 is 11.6 Å². The van der Waals surface area contributed by atoms with Crippen LogP contribution in [-0.2, 0) is 35.7 Å². The molecular formula is C29H34O4. The molecule has 0 atom stereocenters. The highest BCUT2D eigenvalue weighted by Crippen LogP contribution is 2.49. The Labute approximate surface area is 196 Å². The molecule has 4 nitrogen and oxygen atoms in total. The highest BCUT2D eigenvalue weighted by molar-refractivity contribution is 6.13. The monoisotopic (exact) mass is 446 g/mol. The quantitative estimate of drug-likeness (QED) is 0.575. The summed E-state index contributed by atoms with van der Waals surface area (Å²) in [6.07, 6.45) is 3.01. The van der Waals surface area contributed by atoms with Gasteiger partial charge >= 0.3 is 0 Å². The van der Waals surface area contributed by atoms with E-state index in [1.54, 1.807) is 0 Å². The van der Waals surface area contributed by atoms with Gasteiger partial charge in [-0.05, 0) is 58.9 Å². The number of ether oxygens (including phenoxy) is 2. The van der Waals surface area contributed by atoms with Gasteiger partial charge in [0, 0.05) is 24.0 Å². The molecule has 5 rings (SSSR count). The van der Waals surface area contributed by atoms with Crippen molar-refractivity contribution in [1.29, 1.82) is 0 Å². The molecule has 0 amide bonds. The predicted octanol–water partition coefficient (Wildman–Crippen LogP) is 5.61. The number of ketones is 2. The van der Waals surface area contributed by atoms with Gasteiger partial charge in [0.2, 0.25) is 5.79 Å². The standard InChI is InChI=1S/C29H34O4/c1-18-16-22-23(28(4,5)13-12-27(22,2)3)17-21(18)29(32-14-15-33-29)20-8-6-19(7-9-20)26-24(30)10-11-25(26)31/h6-9,16-17,26H,10-15H2,1-5H3. The number of fused-ring (bicyclic) bond motifs is 1. The minimum absolute atomic E-state index is 0.0196. The molecule has 1 aliphatic heterocycles. The molecule has 3 aliphatic rings. The number of Topliss-reactive ketones (excluding diaryl/α,β-unsaturated/α-hetero) is 2. The van der Waals surface area contributed by atoms with Gasteiger partial charge < -0.3 is 9.47 Å². The SMILES string of the molecule is Cc1cc2c(cc1C1(c3ccc(C4C(=O)CCC4=O)cc3)OCCO1)C(C)(C)CCC2(C)C. The second-order valence-corrected chi connectivity index (χ2v) is 11.3. The molecule has 0 bridgehead atoms. The van der Waals surface area contributed by atoms with Crippen LogP contribution < -0.4 is 0 Å². The predicted molar refractivity (Wildman–Crippen MR) is 128 cm³/mol. The second-order valence-electron chi connectivity index (χ2n) is 11.3. The molecule has 2 aromatic rings. The zero-order valence-corrected chi connectivity index (χ0v) is 20.4. The largest absolute Gasteiger partial charge is 0.340 e. The maximum Gasteiger partial charge on any atom is 0.222 e. The Kier molecular flexibility index (Phi) is 5.19. The summed E-state index contributed by atoms with van der Waals surface area (Å²) in [5.74, 6) is -1.55. The van der Waals surface area contributed by atoms with Crippen LogP contribution in [-0.4, -0.2) is 24.8 Å². The Bertz CT molecular complexity index is 1100. The van der Waals surface area contributed by atoms with Crippen LogP contribution in [0.15, 0.2) is 36.4 Å². The molecule has 174 valence electrons. The normalized spacial score (nSPS) is 23.7. The van der Waals surface area contributed by atoms with Gasteiger partial charge in [0.1, 0.15) is 17.5 Å². The highest BCUT2D eigenvalue weighted by Gasteiger charge is 2.45. The summed E-state index contributed by atoms with van der Waals surface area (Å²) in [6, 6.07) is 12.4. The van der Waals surface area contributed by atoms with Gasteiger partial charge in [-0.25, -0.2) is 0 Å². The van der Waals surface area contributed by atoms with E-state index in [0.717, 1.165) is 28.7 Å². The average Bonchev–Trinajstić information content (AvgIpc) is 3.39. The Balaban J connectivity index is 1.61. The summed E-state index contributed by atoms with van der Waals surface area (Å²) < 4.78 is 12.7. The Morgan fingerprint density at radius 2 is 1.27 bits per heavy atom. The van der Waals surface area contributed by atoms with Gasteiger partial charge in [0.05, 0.1) is 13.2 Å². The molecular weight excluding hydrogens is 412 g/mol. The van der Waals surface area contributed by atoms with Crippen LogP contribution >= 0.6 is 0 Å². The highest BCUT2D eigenvalue weighted by atomic mass is 16.7. The summed E-state index contributed by atoms with van der Waals surface area (Å²) in [5, 5.41) is 0. The Hall–Kier alpha value is -2.30. The van der Waals surface area contributed by atoms with Crippen molar-refractivity contribution in [2.75, 3.05) is 13.2 Å². The molecule has 0 unspecified atom stereocenters. The summed E-state index contributed by atoms with van der Waals surface area (Å²) >= 11 is 0. The Morgan fingerprint density at radius 3 is 1.82 bits per heavy atom. The zero-order chi connectivity index (χ0) is 23.6. The number of rotatable bonds is 3. The third-order valence-electron chi connectivity index (χ3n) is 8.13. The molecule has 2 fully saturated rings. The molecule has 2 aliphatic carbocycles. The van der Waals surface area contributed by atoms with Crippen LogP contribution in [0, 0.1) is 6.92 Å². The lowest BCUT2D eigenvalue weighted by molar-refractivity contribution is -0.130. The first-order valence-corrected chi connectivity index (χ1v) is 12.2. The topological polar surface area (TPSA) is 52.6 Å². The smallest absolute Gasteiger partial charge is 0.222 e. The van der Waals surface area contributed by atoms with Crippen molar-refractivity contribution in [2.24, 2.45) is 0 Å². The fourth-order valence-corrected chi connectivity index (χ4v) is 5.95. The van der Waals surface area contributed by atoms with E-state index in [0.29, 0.717) is 26.1 Å². The molecule has 0 aromatic heterocycles. The van der Waals surface area contributed by atoms with Gasteiger partial charge in [-0.2, -0.15) is 0 Å². The van der Waals surface area contributed by atoms with E-state index in [1.807, 2.05) is 24.3 Å². The fourth-order valence-electron chi connectivity index (χ4n) is 5.95. The maximum absolute atomic E-state index is 12.2. The van der Waals surface area contributed by atoms with Gasteiger partial charge in [-0.15, -0.1) is 0 Å². The molecule has 2 aromatic carbocycles. The first-order chi connectivity index (χ1) is 15.6. The molecule has 1 saturated carbocycles. The van der Waals surface area contributed by atoms with Crippen LogP contribution in [0.2, 0.25) is 0 Å². The molecule has 33 heavy (non-hydrogen) atoms. The number of benzene rings is 2. The van der Waals surface area contributed by atoms with Crippen molar-refractivity contribution in [2.45, 2.75) is 82.8 Å². The molecule has 0 spiro atoms. The van der Waals surface area contributed by atoms with Crippen LogP contribution in [0.1, 0.15) is 92.7 Å². The second kappa shape index (κ2) is 7.61. The van der Waals surface area contributed by atoms with Gasteiger partial charge in [-0.3, -0.25) is 9.59 Å². The van der Waals surface area contributed by atoms with Gasteiger partial charge in [0.25, 0.3) is 0 Å². The maximum atomic E-state index is 12.2. The van der Waals surface area contributed by atoms with Crippen molar-refractivity contribution < 1.29 is 19.1 Å². The summed E-state index contributed by atoms with van der Waals surface area (Å²) in [4.78, 5) is 24.5. The van der Waals surface area contributed by atoms with Crippen molar-refractivity contribution in [3.05, 3.63) is 69.8 Å². The zero-order valence-electron chi connectivity index (χ0n) is 20.4. The minimum Gasteiger partial charge on any atom is -0.340 e. The number of hydrogen-bond donors (Lipinski definition) is 0. The van der Waals surface area contributed by atoms with E-state index < -0.39 is 11.7 Å². The minimum atomic E-state index is -0.973. The van der Waals surface area contributed by atoms with Crippen LogP contribution in [0.5, 0.6) is 0 Å². The number of carbonyl (C=O) groups excluding carboxylic acids is 2. The lowest BCUT2D eigenvalue weighted by Crippen LogP contribution is -2.36. The molecule has 0 radical (unpaired) electrons. The van der Waals surface area contributed by atoms with E-state index in [9.17, 15) is 9.59 Å². The molecule has 4 heteroatoms. The van der Waals surface area contributed by atoms with Gasteiger partial charge in [0.15, 0.2) is 0 Å². The van der Waals surface area contributed by atoms with E-state index in [4.69, 9.17) is 9.47 Å².